The van der Waals surface area contributed by atoms with E-state index < -0.39 is 0 Å². The van der Waals surface area contributed by atoms with E-state index in [1.807, 2.05) is 14.0 Å². The van der Waals surface area contributed by atoms with E-state index in [9.17, 15) is 4.79 Å². The maximum absolute atomic E-state index is 11.9. The Morgan fingerprint density at radius 3 is 2.83 bits per heavy atom. The van der Waals surface area contributed by atoms with Gasteiger partial charge >= 0.3 is 0 Å². The van der Waals surface area contributed by atoms with Crippen LogP contribution in [0, 0.1) is 0 Å². The number of hydrogen-bond acceptors (Lipinski definition) is 5. The van der Waals surface area contributed by atoms with Gasteiger partial charge in [-0.15, -0.1) is 10.2 Å². The second-order valence-electron chi connectivity index (χ2n) is 3.97. The number of anilines is 1. The standard InChI is InChI=1S/C11H14N6O/c1-7(10-16-14-6-17(10)2)15-11(18)9-4-3-8(12)5-13-9/h3-7H,12H2,1-2H3,(H,15,18). The van der Waals surface area contributed by atoms with Gasteiger partial charge in [-0.1, -0.05) is 0 Å². The predicted molar refractivity (Wildman–Crippen MR) is 65.5 cm³/mol. The average Bonchev–Trinajstić information content (AvgIpc) is 2.76. The van der Waals surface area contributed by atoms with Gasteiger partial charge in [0.05, 0.1) is 17.9 Å². The van der Waals surface area contributed by atoms with Gasteiger partial charge in [-0.25, -0.2) is 4.98 Å². The Kier molecular flexibility index (Phi) is 3.22. The van der Waals surface area contributed by atoms with Gasteiger partial charge in [-0.3, -0.25) is 4.79 Å². The normalized spacial score (nSPS) is 12.1. The summed E-state index contributed by atoms with van der Waals surface area (Å²) >= 11 is 0. The van der Waals surface area contributed by atoms with Crippen LogP contribution in [0.1, 0.15) is 29.3 Å². The van der Waals surface area contributed by atoms with E-state index in [4.69, 9.17) is 5.73 Å². The van der Waals surface area contributed by atoms with Crippen molar-refractivity contribution in [2.24, 2.45) is 7.05 Å². The Labute approximate surface area is 104 Å². The first-order valence-electron chi connectivity index (χ1n) is 5.44. The number of nitrogens with zero attached hydrogens (tertiary/aromatic N) is 4. The SMILES string of the molecule is CC(NC(=O)c1ccc(N)cn1)c1nncn1C. The van der Waals surface area contributed by atoms with Crippen molar-refractivity contribution >= 4 is 11.6 Å². The third-order valence-electron chi connectivity index (χ3n) is 2.50. The lowest BCUT2D eigenvalue weighted by molar-refractivity contribution is 0.0933. The molecule has 7 nitrogen and oxygen atoms in total. The molecule has 0 aromatic carbocycles. The van der Waals surface area contributed by atoms with E-state index in [1.54, 1.807) is 23.0 Å². The van der Waals surface area contributed by atoms with Crippen LogP contribution in [-0.2, 0) is 7.05 Å². The zero-order valence-corrected chi connectivity index (χ0v) is 10.2. The highest BCUT2D eigenvalue weighted by Crippen LogP contribution is 2.08. The number of hydrogen-bond donors (Lipinski definition) is 2. The van der Waals surface area contributed by atoms with Gasteiger partial charge in [0.2, 0.25) is 0 Å². The third-order valence-corrected chi connectivity index (χ3v) is 2.50. The Hall–Kier alpha value is -2.44. The molecule has 2 aromatic heterocycles. The molecular formula is C11H14N6O. The zero-order chi connectivity index (χ0) is 13.1. The van der Waals surface area contributed by atoms with Crippen LogP contribution in [0.25, 0.3) is 0 Å². The maximum atomic E-state index is 11.9. The van der Waals surface area contributed by atoms with E-state index in [0.29, 0.717) is 17.2 Å². The smallest absolute Gasteiger partial charge is 0.270 e. The van der Waals surface area contributed by atoms with E-state index in [1.165, 1.54) is 6.20 Å². The quantitative estimate of drug-likeness (QED) is 0.810. The highest BCUT2D eigenvalue weighted by Gasteiger charge is 2.15. The van der Waals surface area contributed by atoms with Crippen LogP contribution in [0.15, 0.2) is 24.7 Å². The number of aromatic nitrogens is 4. The first kappa shape index (κ1) is 12.0. The molecule has 7 heteroatoms. The third kappa shape index (κ3) is 2.45. The van der Waals surface area contributed by atoms with Gasteiger partial charge < -0.3 is 15.6 Å². The molecule has 0 fully saturated rings. The molecule has 18 heavy (non-hydrogen) atoms. The molecule has 2 aromatic rings. The van der Waals surface area contributed by atoms with Crippen molar-refractivity contribution in [3.8, 4) is 0 Å². The summed E-state index contributed by atoms with van der Waals surface area (Å²) in [4.78, 5) is 15.9. The van der Waals surface area contributed by atoms with E-state index in [-0.39, 0.29) is 11.9 Å². The van der Waals surface area contributed by atoms with Gasteiger partial charge in [0.1, 0.15) is 12.0 Å². The van der Waals surface area contributed by atoms with E-state index in [0.717, 1.165) is 0 Å². The van der Waals surface area contributed by atoms with Crippen molar-refractivity contribution in [2.75, 3.05) is 5.73 Å². The predicted octanol–water partition coefficient (Wildman–Crippen LogP) is 0.283. The fraction of sp³-hybridized carbons (Fsp3) is 0.273. The molecule has 1 atom stereocenters. The van der Waals surface area contributed by atoms with E-state index in [2.05, 4.69) is 20.5 Å². The summed E-state index contributed by atoms with van der Waals surface area (Å²) in [6.45, 7) is 1.83. The molecule has 0 saturated carbocycles. The minimum absolute atomic E-state index is 0.246. The van der Waals surface area contributed by atoms with Crippen LogP contribution < -0.4 is 11.1 Å². The van der Waals surface area contributed by atoms with Crippen molar-refractivity contribution < 1.29 is 4.79 Å². The Morgan fingerprint density at radius 2 is 2.28 bits per heavy atom. The Bertz CT molecular complexity index is 547. The number of nitrogen functional groups attached to an aromatic ring is 1. The Balaban J connectivity index is 2.08. The molecule has 0 bridgehead atoms. The van der Waals surface area contributed by atoms with Crippen molar-refractivity contribution in [2.45, 2.75) is 13.0 Å². The van der Waals surface area contributed by atoms with Crippen LogP contribution in [0.4, 0.5) is 5.69 Å². The lowest BCUT2D eigenvalue weighted by Gasteiger charge is -2.12. The number of aryl methyl sites for hydroxylation is 1. The summed E-state index contributed by atoms with van der Waals surface area (Å²) in [6, 6.07) is 2.97. The lowest BCUT2D eigenvalue weighted by atomic mass is 10.2. The topological polar surface area (TPSA) is 98.7 Å². The van der Waals surface area contributed by atoms with Crippen LogP contribution in [-0.4, -0.2) is 25.7 Å². The Morgan fingerprint density at radius 1 is 1.50 bits per heavy atom. The summed E-state index contributed by atoms with van der Waals surface area (Å²) in [6.07, 6.45) is 3.03. The number of carbonyl (C=O) groups is 1. The molecule has 0 radical (unpaired) electrons. The number of rotatable bonds is 3. The molecule has 0 saturated heterocycles. The molecule has 94 valence electrons. The number of carbonyl (C=O) groups excluding carboxylic acids is 1. The molecule has 0 aliphatic heterocycles. The molecule has 0 aliphatic carbocycles. The molecule has 3 N–H and O–H groups in total. The van der Waals surface area contributed by atoms with Crippen LogP contribution in [0.3, 0.4) is 0 Å². The lowest BCUT2D eigenvalue weighted by Crippen LogP contribution is -2.29. The highest BCUT2D eigenvalue weighted by molar-refractivity contribution is 5.92. The van der Waals surface area contributed by atoms with Crippen molar-refractivity contribution in [1.82, 2.24) is 25.1 Å². The number of nitrogens with one attached hydrogen (secondary N) is 1. The molecule has 2 heterocycles. The van der Waals surface area contributed by atoms with Crippen molar-refractivity contribution in [3.63, 3.8) is 0 Å². The van der Waals surface area contributed by atoms with Crippen LogP contribution in [0.2, 0.25) is 0 Å². The fourth-order valence-corrected chi connectivity index (χ4v) is 1.56. The molecular weight excluding hydrogens is 232 g/mol. The summed E-state index contributed by atoms with van der Waals surface area (Å²) in [5.41, 5.74) is 6.35. The van der Waals surface area contributed by atoms with Crippen LogP contribution >= 0.6 is 0 Å². The first-order valence-corrected chi connectivity index (χ1v) is 5.44. The van der Waals surface area contributed by atoms with Crippen molar-refractivity contribution in [1.29, 1.82) is 0 Å². The number of amides is 1. The maximum Gasteiger partial charge on any atom is 0.270 e. The summed E-state index contributed by atoms with van der Waals surface area (Å²) in [7, 11) is 1.82. The van der Waals surface area contributed by atoms with Gasteiger partial charge in [-0.05, 0) is 19.1 Å². The largest absolute Gasteiger partial charge is 0.397 e. The van der Waals surface area contributed by atoms with Crippen molar-refractivity contribution in [3.05, 3.63) is 36.2 Å². The monoisotopic (exact) mass is 246 g/mol. The molecule has 0 aliphatic rings. The zero-order valence-electron chi connectivity index (χ0n) is 10.2. The van der Waals surface area contributed by atoms with Gasteiger partial charge in [0.25, 0.3) is 5.91 Å². The second kappa shape index (κ2) is 4.82. The average molecular weight is 246 g/mol. The highest BCUT2D eigenvalue weighted by atomic mass is 16.1. The number of pyridine rings is 1. The summed E-state index contributed by atoms with van der Waals surface area (Å²) < 4.78 is 1.75. The first-order chi connectivity index (χ1) is 8.58. The minimum atomic E-state index is -0.273. The van der Waals surface area contributed by atoms with Gasteiger partial charge in [0.15, 0.2) is 5.82 Å². The van der Waals surface area contributed by atoms with E-state index >= 15 is 0 Å². The molecule has 1 amide bonds. The van der Waals surface area contributed by atoms with Gasteiger partial charge in [-0.2, -0.15) is 0 Å². The number of nitrogens with two attached hydrogens (primary N) is 1. The summed E-state index contributed by atoms with van der Waals surface area (Å²) in [5, 5.41) is 10.5. The van der Waals surface area contributed by atoms with Gasteiger partial charge in [0, 0.05) is 7.05 Å². The summed E-state index contributed by atoms with van der Waals surface area (Å²) in [5.74, 6) is 0.407. The minimum Gasteiger partial charge on any atom is -0.397 e. The molecule has 1 unspecified atom stereocenters. The molecule has 2 rings (SSSR count). The second-order valence-corrected chi connectivity index (χ2v) is 3.97. The molecule has 0 spiro atoms. The fourth-order valence-electron chi connectivity index (χ4n) is 1.56. The van der Waals surface area contributed by atoms with Crippen LogP contribution in [0.5, 0.6) is 0 Å².